The molecule has 0 heterocycles. The second kappa shape index (κ2) is 7.05. The Morgan fingerprint density at radius 1 is 1.17 bits per heavy atom. The maximum Gasteiger partial charge on any atom is 0.123 e. The first-order valence-electron chi connectivity index (χ1n) is 7.93. The van der Waals surface area contributed by atoms with Gasteiger partial charge in [0.1, 0.15) is 24.2 Å². The zero-order valence-corrected chi connectivity index (χ0v) is 13.9. The Bertz CT molecular complexity index is 541. The Morgan fingerprint density at radius 2 is 1.78 bits per heavy atom. The van der Waals surface area contributed by atoms with Gasteiger partial charge in [-0.3, -0.25) is 0 Å². The molecule has 5 N–H and O–H groups in total. The van der Waals surface area contributed by atoms with Crippen LogP contribution in [-0.4, -0.2) is 57.4 Å². The summed E-state index contributed by atoms with van der Waals surface area (Å²) in [6.45, 7) is 6.57. The van der Waals surface area contributed by atoms with Gasteiger partial charge in [0, 0.05) is 36.1 Å². The van der Waals surface area contributed by atoms with E-state index in [-0.39, 0.29) is 30.7 Å². The van der Waals surface area contributed by atoms with Crippen LogP contribution in [0.4, 0.5) is 0 Å². The molecule has 23 heavy (non-hydrogen) atoms. The van der Waals surface area contributed by atoms with E-state index in [1.54, 1.807) is 6.07 Å². The number of nitrogens with one attached hydrogen (secondary N) is 1. The summed E-state index contributed by atoms with van der Waals surface area (Å²) in [7, 11) is 0. The van der Waals surface area contributed by atoms with E-state index in [1.807, 2.05) is 20.8 Å². The highest BCUT2D eigenvalue weighted by Gasteiger charge is 2.29. The van der Waals surface area contributed by atoms with Crippen LogP contribution >= 0.6 is 0 Å². The van der Waals surface area contributed by atoms with Crippen molar-refractivity contribution in [2.75, 3.05) is 13.2 Å². The van der Waals surface area contributed by atoms with Crippen LogP contribution in [-0.2, 0) is 12.8 Å². The zero-order chi connectivity index (χ0) is 17.2. The summed E-state index contributed by atoms with van der Waals surface area (Å²) in [5.74, 6) is 0.617. The smallest absolute Gasteiger partial charge is 0.123 e. The maximum atomic E-state index is 10.0. The third-order valence-electron chi connectivity index (χ3n) is 3.93. The highest BCUT2D eigenvalue weighted by molar-refractivity contribution is 5.50. The molecule has 0 aliphatic heterocycles. The van der Waals surface area contributed by atoms with Crippen molar-refractivity contribution >= 4 is 0 Å². The van der Waals surface area contributed by atoms with Gasteiger partial charge in [-0.15, -0.1) is 0 Å². The number of phenolic OH excluding ortho intramolecular Hbond substituents is 1. The van der Waals surface area contributed by atoms with E-state index in [0.29, 0.717) is 23.4 Å². The summed E-state index contributed by atoms with van der Waals surface area (Å²) < 4.78 is 5.68. The van der Waals surface area contributed by atoms with Crippen LogP contribution in [0.2, 0.25) is 0 Å². The lowest BCUT2D eigenvalue weighted by Gasteiger charge is -2.28. The summed E-state index contributed by atoms with van der Waals surface area (Å²) in [4.78, 5) is 0. The van der Waals surface area contributed by atoms with E-state index in [4.69, 9.17) is 4.74 Å². The molecule has 6 heteroatoms. The summed E-state index contributed by atoms with van der Waals surface area (Å²) in [5, 5.41) is 42.7. The van der Waals surface area contributed by atoms with Crippen molar-refractivity contribution in [2.45, 2.75) is 57.5 Å². The van der Waals surface area contributed by atoms with Gasteiger partial charge < -0.3 is 30.5 Å². The Hall–Kier alpha value is -1.34. The van der Waals surface area contributed by atoms with Gasteiger partial charge in [-0.2, -0.15) is 0 Å². The molecule has 0 spiro atoms. The average molecular weight is 325 g/mol. The number of fused-ring (bicyclic) bond motifs is 1. The fraction of sp³-hybridized carbons (Fsp3) is 0.647. The van der Waals surface area contributed by atoms with Crippen molar-refractivity contribution < 1.29 is 25.2 Å². The first kappa shape index (κ1) is 18.0. The van der Waals surface area contributed by atoms with Crippen molar-refractivity contribution in [3.05, 3.63) is 23.3 Å². The molecule has 0 saturated carbocycles. The second-order valence-corrected chi connectivity index (χ2v) is 7.18. The number of rotatable bonds is 5. The molecule has 1 unspecified atom stereocenters. The molecule has 1 aliphatic carbocycles. The highest BCUT2D eigenvalue weighted by atomic mass is 16.5. The lowest BCUT2D eigenvalue weighted by molar-refractivity contribution is 0.0127. The topological polar surface area (TPSA) is 102 Å². The van der Waals surface area contributed by atoms with E-state index >= 15 is 0 Å². The minimum Gasteiger partial charge on any atom is -0.508 e. The predicted octanol–water partition coefficient (Wildman–Crippen LogP) is 0.340. The molecule has 130 valence electrons. The predicted molar refractivity (Wildman–Crippen MR) is 86.8 cm³/mol. The molecule has 6 nitrogen and oxygen atoms in total. The number of hydrogen-bond acceptors (Lipinski definition) is 6. The van der Waals surface area contributed by atoms with Gasteiger partial charge >= 0.3 is 0 Å². The number of phenols is 1. The molecule has 0 saturated heterocycles. The lowest BCUT2D eigenvalue weighted by Crippen LogP contribution is -2.42. The van der Waals surface area contributed by atoms with Crippen LogP contribution in [0.1, 0.15) is 31.9 Å². The number of β-amino-alcohol motifs (C(OH)–C–C–N with tert-alkyl or cyclic N) is 1. The molecule has 1 aliphatic rings. The molecule has 0 aromatic heterocycles. The molecule has 0 bridgehead atoms. The molecule has 0 amide bonds. The molecular formula is C17H27NO5. The molecular weight excluding hydrogens is 298 g/mol. The van der Waals surface area contributed by atoms with Gasteiger partial charge in [0.2, 0.25) is 0 Å². The minimum atomic E-state index is -0.884. The van der Waals surface area contributed by atoms with Gasteiger partial charge in [0.15, 0.2) is 0 Å². The second-order valence-electron chi connectivity index (χ2n) is 7.18. The van der Waals surface area contributed by atoms with Crippen LogP contribution in [0.5, 0.6) is 11.5 Å². The number of aliphatic hydroxyl groups is 3. The van der Waals surface area contributed by atoms with Crippen molar-refractivity contribution in [1.82, 2.24) is 5.32 Å². The van der Waals surface area contributed by atoms with Gasteiger partial charge in [-0.1, -0.05) is 0 Å². The van der Waals surface area contributed by atoms with Crippen LogP contribution in [0.15, 0.2) is 12.1 Å². The van der Waals surface area contributed by atoms with Crippen molar-refractivity contribution in [2.24, 2.45) is 0 Å². The van der Waals surface area contributed by atoms with Crippen molar-refractivity contribution in [1.29, 1.82) is 0 Å². The monoisotopic (exact) mass is 325 g/mol. The summed E-state index contributed by atoms with van der Waals surface area (Å²) in [6, 6.07) is 3.14. The van der Waals surface area contributed by atoms with Crippen LogP contribution in [0, 0.1) is 0 Å². The van der Waals surface area contributed by atoms with Crippen LogP contribution in [0.3, 0.4) is 0 Å². The third-order valence-corrected chi connectivity index (χ3v) is 3.93. The highest BCUT2D eigenvalue weighted by Crippen LogP contribution is 2.35. The normalized spacial score (nSPS) is 22.5. The number of ether oxygens (including phenoxy) is 1. The number of aromatic hydroxyl groups is 1. The third kappa shape index (κ3) is 4.81. The number of hydrogen-bond donors (Lipinski definition) is 5. The fourth-order valence-electron chi connectivity index (χ4n) is 2.61. The van der Waals surface area contributed by atoms with E-state index in [2.05, 4.69) is 5.32 Å². The van der Waals surface area contributed by atoms with Crippen LogP contribution < -0.4 is 10.1 Å². The van der Waals surface area contributed by atoms with E-state index < -0.39 is 18.3 Å². The number of benzene rings is 1. The Morgan fingerprint density at radius 3 is 2.39 bits per heavy atom. The van der Waals surface area contributed by atoms with Gasteiger partial charge in [-0.05, 0) is 32.9 Å². The van der Waals surface area contributed by atoms with Gasteiger partial charge in [0.05, 0.1) is 12.2 Å². The number of aliphatic hydroxyl groups excluding tert-OH is 3. The summed E-state index contributed by atoms with van der Waals surface area (Å²) in [5.41, 5.74) is 1.21. The first-order chi connectivity index (χ1) is 10.7. The summed E-state index contributed by atoms with van der Waals surface area (Å²) >= 11 is 0. The molecule has 0 radical (unpaired) electrons. The zero-order valence-electron chi connectivity index (χ0n) is 13.9. The van der Waals surface area contributed by atoms with E-state index in [9.17, 15) is 20.4 Å². The van der Waals surface area contributed by atoms with E-state index in [0.717, 1.165) is 0 Å². The quantitative estimate of drug-likeness (QED) is 0.535. The molecule has 0 fully saturated rings. The Labute approximate surface area is 136 Å². The SMILES string of the molecule is CC(C)(C)NCC(O)COc1ccc(O)c2c1C[C@@H](O)[C@H](O)C2. The van der Waals surface area contributed by atoms with Gasteiger partial charge in [0.25, 0.3) is 0 Å². The molecule has 1 aromatic carbocycles. The molecule has 1 aromatic rings. The van der Waals surface area contributed by atoms with E-state index in [1.165, 1.54) is 6.07 Å². The Balaban J connectivity index is 2.03. The average Bonchev–Trinajstić information content (AvgIpc) is 2.46. The van der Waals surface area contributed by atoms with Crippen molar-refractivity contribution in [3.8, 4) is 11.5 Å². The Kier molecular flexibility index (Phi) is 5.52. The van der Waals surface area contributed by atoms with Gasteiger partial charge in [-0.25, -0.2) is 0 Å². The molecule has 3 atom stereocenters. The fourth-order valence-corrected chi connectivity index (χ4v) is 2.61. The minimum absolute atomic E-state index is 0.0844. The lowest BCUT2D eigenvalue weighted by atomic mass is 9.86. The van der Waals surface area contributed by atoms with Crippen LogP contribution in [0.25, 0.3) is 0 Å². The summed E-state index contributed by atoms with van der Waals surface area (Å²) in [6.07, 6.45) is -2.02. The van der Waals surface area contributed by atoms with Crippen molar-refractivity contribution in [3.63, 3.8) is 0 Å². The largest absolute Gasteiger partial charge is 0.508 e. The maximum absolute atomic E-state index is 10.0. The molecule has 2 rings (SSSR count). The first-order valence-corrected chi connectivity index (χ1v) is 7.93. The standard InChI is InChI=1S/C17H27NO5/c1-17(2,3)18-8-10(19)9-23-16-5-4-13(20)11-6-14(21)15(22)7-12(11)16/h4-5,10,14-15,18-22H,6-9H2,1-3H3/t10?,14-,15-/m1/s1.